The second-order valence-corrected chi connectivity index (χ2v) is 3.46. The van der Waals surface area contributed by atoms with Gasteiger partial charge in [0, 0.05) is 6.08 Å². The van der Waals surface area contributed by atoms with Gasteiger partial charge in [-0.05, 0) is 12.8 Å². The summed E-state index contributed by atoms with van der Waals surface area (Å²) in [7, 11) is 0. The van der Waals surface area contributed by atoms with Gasteiger partial charge < -0.3 is 15.2 Å². The van der Waals surface area contributed by atoms with Crippen molar-refractivity contribution in [3.63, 3.8) is 0 Å². The quantitative estimate of drug-likeness (QED) is 0.639. The lowest BCUT2D eigenvalue weighted by Crippen LogP contribution is -2.25. The summed E-state index contributed by atoms with van der Waals surface area (Å²) < 4.78 is 10.4. The molecule has 0 saturated heterocycles. The van der Waals surface area contributed by atoms with Crippen LogP contribution >= 0.6 is 0 Å². The maximum absolute atomic E-state index is 10.8. The number of nitrogens with two attached hydrogens (primary N) is 1. The van der Waals surface area contributed by atoms with Gasteiger partial charge in [-0.1, -0.05) is 12.8 Å². The summed E-state index contributed by atoms with van der Waals surface area (Å²) in [5.41, 5.74) is 5.92. The van der Waals surface area contributed by atoms with Crippen LogP contribution in [0.4, 0.5) is 0 Å². The Bertz CT molecular complexity index is 243. The third kappa shape index (κ3) is 1.83. The molecule has 0 bridgehead atoms. The SMILES string of the molecule is NC1=CC(=O)OC1OC1CCCC1. The average Bonchev–Trinajstić information content (AvgIpc) is 2.63. The number of ether oxygens (including phenoxy) is 2. The lowest BCUT2D eigenvalue weighted by Gasteiger charge is -2.17. The van der Waals surface area contributed by atoms with Crippen molar-refractivity contribution in [3.8, 4) is 0 Å². The molecule has 1 aliphatic heterocycles. The van der Waals surface area contributed by atoms with E-state index in [2.05, 4.69) is 0 Å². The zero-order chi connectivity index (χ0) is 9.26. The second kappa shape index (κ2) is 3.38. The van der Waals surface area contributed by atoms with E-state index < -0.39 is 12.3 Å². The molecule has 0 aromatic carbocycles. The Kier molecular flexibility index (Phi) is 2.22. The van der Waals surface area contributed by atoms with Crippen LogP contribution in [-0.4, -0.2) is 18.4 Å². The van der Waals surface area contributed by atoms with Gasteiger partial charge >= 0.3 is 5.97 Å². The van der Waals surface area contributed by atoms with Crippen LogP contribution in [0.25, 0.3) is 0 Å². The zero-order valence-corrected chi connectivity index (χ0v) is 7.36. The molecule has 2 N–H and O–H groups in total. The average molecular weight is 183 g/mol. The number of rotatable bonds is 2. The Hall–Kier alpha value is -1.03. The smallest absolute Gasteiger partial charge is 0.335 e. The minimum Gasteiger partial charge on any atom is -0.426 e. The van der Waals surface area contributed by atoms with Gasteiger partial charge in [0.15, 0.2) is 0 Å². The number of carbonyl (C=O) groups excluding carboxylic acids is 1. The van der Waals surface area contributed by atoms with Crippen LogP contribution in [0.5, 0.6) is 0 Å². The molecule has 13 heavy (non-hydrogen) atoms. The fourth-order valence-electron chi connectivity index (χ4n) is 1.72. The topological polar surface area (TPSA) is 61.6 Å². The Morgan fingerprint density at radius 2 is 2.15 bits per heavy atom. The van der Waals surface area contributed by atoms with Crippen LogP contribution < -0.4 is 5.73 Å². The highest BCUT2D eigenvalue weighted by atomic mass is 16.7. The van der Waals surface area contributed by atoms with E-state index in [1.807, 2.05) is 0 Å². The molecule has 0 spiro atoms. The predicted octanol–water partition coefficient (Wildman–Crippen LogP) is 0.671. The number of carbonyl (C=O) groups is 1. The van der Waals surface area contributed by atoms with Crippen LogP contribution in [0.2, 0.25) is 0 Å². The van der Waals surface area contributed by atoms with Gasteiger partial charge in [0.2, 0.25) is 6.29 Å². The van der Waals surface area contributed by atoms with Crippen molar-refractivity contribution in [2.75, 3.05) is 0 Å². The fraction of sp³-hybridized carbons (Fsp3) is 0.667. The van der Waals surface area contributed by atoms with Gasteiger partial charge in [-0.3, -0.25) is 0 Å². The van der Waals surface area contributed by atoms with Crippen LogP contribution in [0.3, 0.4) is 0 Å². The molecule has 1 atom stereocenters. The van der Waals surface area contributed by atoms with Gasteiger partial charge in [0.05, 0.1) is 11.8 Å². The highest BCUT2D eigenvalue weighted by Crippen LogP contribution is 2.25. The first kappa shape index (κ1) is 8.56. The van der Waals surface area contributed by atoms with Crippen LogP contribution in [0.1, 0.15) is 25.7 Å². The summed E-state index contributed by atoms with van der Waals surface area (Å²) in [4.78, 5) is 10.8. The molecule has 0 aromatic rings. The second-order valence-electron chi connectivity index (χ2n) is 3.46. The Morgan fingerprint density at radius 3 is 2.69 bits per heavy atom. The van der Waals surface area contributed by atoms with Crippen molar-refractivity contribution in [1.29, 1.82) is 0 Å². The Labute approximate surface area is 76.7 Å². The largest absolute Gasteiger partial charge is 0.426 e. The molecule has 0 amide bonds. The Balaban J connectivity index is 1.88. The van der Waals surface area contributed by atoms with Crippen molar-refractivity contribution in [3.05, 3.63) is 11.8 Å². The van der Waals surface area contributed by atoms with E-state index in [0.29, 0.717) is 5.70 Å². The predicted molar refractivity (Wildman–Crippen MR) is 45.5 cm³/mol. The molecule has 1 heterocycles. The third-order valence-corrected chi connectivity index (χ3v) is 2.40. The molecule has 1 fully saturated rings. The van der Waals surface area contributed by atoms with Crippen molar-refractivity contribution < 1.29 is 14.3 Å². The lowest BCUT2D eigenvalue weighted by atomic mass is 10.3. The third-order valence-electron chi connectivity index (χ3n) is 2.40. The number of hydrogen-bond acceptors (Lipinski definition) is 4. The molecule has 0 radical (unpaired) electrons. The number of cyclic esters (lactones) is 1. The summed E-state index contributed by atoms with van der Waals surface area (Å²) >= 11 is 0. The minimum absolute atomic E-state index is 0.211. The van der Waals surface area contributed by atoms with Gasteiger partial charge in [-0.2, -0.15) is 0 Å². The van der Waals surface area contributed by atoms with E-state index in [0.717, 1.165) is 12.8 Å². The van der Waals surface area contributed by atoms with E-state index in [4.69, 9.17) is 15.2 Å². The summed E-state index contributed by atoms with van der Waals surface area (Å²) in [6, 6.07) is 0. The summed E-state index contributed by atoms with van der Waals surface area (Å²) in [6.07, 6.45) is 5.32. The molecule has 0 aromatic heterocycles. The van der Waals surface area contributed by atoms with Gasteiger partial charge in [0.25, 0.3) is 0 Å². The first-order valence-corrected chi connectivity index (χ1v) is 4.59. The number of esters is 1. The van der Waals surface area contributed by atoms with E-state index in [9.17, 15) is 4.79 Å². The molecule has 1 saturated carbocycles. The van der Waals surface area contributed by atoms with E-state index >= 15 is 0 Å². The molecule has 4 heteroatoms. The Morgan fingerprint density at radius 1 is 1.46 bits per heavy atom. The minimum atomic E-state index is -0.629. The maximum atomic E-state index is 10.8. The molecule has 1 aliphatic carbocycles. The van der Waals surface area contributed by atoms with Gasteiger partial charge in [-0.25, -0.2) is 4.79 Å². The summed E-state index contributed by atoms with van der Waals surface area (Å²) in [5.74, 6) is -0.402. The van der Waals surface area contributed by atoms with Crippen LogP contribution in [0, 0.1) is 0 Å². The zero-order valence-electron chi connectivity index (χ0n) is 7.36. The normalized spacial score (nSPS) is 29.1. The van der Waals surface area contributed by atoms with E-state index in [-0.39, 0.29) is 6.10 Å². The van der Waals surface area contributed by atoms with Crippen LogP contribution in [0.15, 0.2) is 11.8 Å². The summed E-state index contributed by atoms with van der Waals surface area (Å²) in [5, 5.41) is 0. The molecule has 2 aliphatic rings. The lowest BCUT2D eigenvalue weighted by molar-refractivity contribution is -0.167. The molecule has 72 valence electrons. The fourth-order valence-corrected chi connectivity index (χ4v) is 1.72. The first-order valence-electron chi connectivity index (χ1n) is 4.59. The van der Waals surface area contributed by atoms with Crippen molar-refractivity contribution in [2.45, 2.75) is 38.1 Å². The molecule has 1 unspecified atom stereocenters. The number of hydrogen-bond donors (Lipinski definition) is 1. The van der Waals surface area contributed by atoms with Crippen molar-refractivity contribution in [2.24, 2.45) is 5.73 Å². The van der Waals surface area contributed by atoms with Gasteiger partial charge in [0.1, 0.15) is 0 Å². The monoisotopic (exact) mass is 183 g/mol. The molecular weight excluding hydrogens is 170 g/mol. The summed E-state index contributed by atoms with van der Waals surface area (Å²) in [6.45, 7) is 0. The molecule has 2 rings (SSSR count). The van der Waals surface area contributed by atoms with Crippen LogP contribution in [-0.2, 0) is 14.3 Å². The van der Waals surface area contributed by atoms with Crippen molar-refractivity contribution >= 4 is 5.97 Å². The van der Waals surface area contributed by atoms with Crippen molar-refractivity contribution in [1.82, 2.24) is 0 Å². The highest BCUT2D eigenvalue weighted by molar-refractivity contribution is 5.85. The van der Waals surface area contributed by atoms with E-state index in [1.54, 1.807) is 0 Å². The van der Waals surface area contributed by atoms with E-state index in [1.165, 1.54) is 18.9 Å². The molecular formula is C9H13NO3. The molecule has 4 nitrogen and oxygen atoms in total. The standard InChI is InChI=1S/C9H13NO3/c10-7-5-8(11)13-9(7)12-6-3-1-2-4-6/h5-6,9H,1-4,10H2. The van der Waals surface area contributed by atoms with Gasteiger partial charge in [-0.15, -0.1) is 0 Å². The first-order chi connectivity index (χ1) is 6.25. The maximum Gasteiger partial charge on any atom is 0.335 e. The highest BCUT2D eigenvalue weighted by Gasteiger charge is 2.28.